The molecule has 6 rings (SSSR count). The highest BCUT2D eigenvalue weighted by Crippen LogP contribution is 2.37. The number of carbonyl (C=O) groups is 4. The van der Waals surface area contributed by atoms with E-state index in [0.29, 0.717) is 18.9 Å². The minimum atomic E-state index is -1.22. The van der Waals surface area contributed by atoms with E-state index in [1.54, 1.807) is 11.2 Å². The van der Waals surface area contributed by atoms with Gasteiger partial charge in [-0.25, -0.2) is 19.6 Å². The SMILES string of the molecule is COC(=O)N[C@H](C(=O)N1CCC[C@H]1c1[nH]cnc1-c1ccc(C#Cc2ccc3nc([C@@H]4CCCN4C(=O)[C@@H](NC(=O)O)C(C)C)[nH]c3c2)cc1)C(C)C. The zero-order chi connectivity index (χ0) is 37.8. The van der Waals surface area contributed by atoms with Crippen molar-refractivity contribution in [2.45, 2.75) is 77.5 Å². The Morgan fingerprint density at radius 2 is 1.47 bits per heavy atom. The molecule has 0 aliphatic carbocycles. The molecule has 2 aliphatic rings. The van der Waals surface area contributed by atoms with Crippen LogP contribution in [0.3, 0.4) is 0 Å². The minimum Gasteiger partial charge on any atom is -0.465 e. The first-order valence-electron chi connectivity index (χ1n) is 18.1. The fourth-order valence-corrected chi connectivity index (χ4v) is 7.26. The molecule has 5 N–H and O–H groups in total. The molecule has 2 saturated heterocycles. The summed E-state index contributed by atoms with van der Waals surface area (Å²) in [5, 5.41) is 14.4. The molecule has 0 saturated carbocycles. The number of rotatable bonds is 9. The van der Waals surface area contributed by atoms with Crippen LogP contribution in [0.1, 0.15) is 88.1 Å². The molecule has 14 heteroatoms. The molecule has 0 bridgehead atoms. The topological polar surface area (TPSA) is 186 Å². The van der Waals surface area contributed by atoms with Gasteiger partial charge in [-0.05, 0) is 67.9 Å². The van der Waals surface area contributed by atoms with Gasteiger partial charge in [0.2, 0.25) is 11.8 Å². The smallest absolute Gasteiger partial charge is 0.407 e. The van der Waals surface area contributed by atoms with Gasteiger partial charge in [0.25, 0.3) is 0 Å². The van der Waals surface area contributed by atoms with Gasteiger partial charge >= 0.3 is 12.2 Å². The number of benzene rings is 2. The first kappa shape index (κ1) is 36.9. The van der Waals surface area contributed by atoms with E-state index in [-0.39, 0.29) is 35.7 Å². The third kappa shape index (κ3) is 7.99. The van der Waals surface area contributed by atoms with E-state index in [2.05, 4.69) is 37.4 Å². The molecule has 2 aromatic heterocycles. The molecular formula is C39H46N8O6. The maximum Gasteiger partial charge on any atom is 0.407 e. The Morgan fingerprint density at radius 1 is 0.868 bits per heavy atom. The molecule has 53 heavy (non-hydrogen) atoms. The van der Waals surface area contributed by atoms with Crippen LogP contribution < -0.4 is 10.6 Å². The van der Waals surface area contributed by atoms with Crippen LogP contribution in [0.25, 0.3) is 22.3 Å². The largest absolute Gasteiger partial charge is 0.465 e. The molecule has 278 valence electrons. The van der Waals surface area contributed by atoms with Gasteiger partial charge in [-0.15, -0.1) is 0 Å². The number of imidazole rings is 2. The highest BCUT2D eigenvalue weighted by molar-refractivity contribution is 5.87. The van der Waals surface area contributed by atoms with Crippen molar-refractivity contribution in [2.24, 2.45) is 11.8 Å². The molecule has 2 aromatic carbocycles. The number of nitrogens with one attached hydrogen (secondary N) is 4. The summed E-state index contributed by atoms with van der Waals surface area (Å²) >= 11 is 0. The predicted molar refractivity (Wildman–Crippen MR) is 197 cm³/mol. The van der Waals surface area contributed by atoms with Gasteiger partial charge in [-0.1, -0.05) is 51.7 Å². The highest BCUT2D eigenvalue weighted by Gasteiger charge is 2.39. The first-order valence-corrected chi connectivity index (χ1v) is 18.1. The third-order valence-electron chi connectivity index (χ3n) is 10.0. The minimum absolute atomic E-state index is 0.120. The van der Waals surface area contributed by atoms with Gasteiger partial charge < -0.3 is 40.2 Å². The lowest BCUT2D eigenvalue weighted by molar-refractivity contribution is -0.136. The quantitative estimate of drug-likeness (QED) is 0.143. The fraction of sp³-hybridized carbons (Fsp3) is 0.436. The first-order chi connectivity index (χ1) is 25.4. The lowest BCUT2D eigenvalue weighted by Gasteiger charge is -2.30. The van der Waals surface area contributed by atoms with Gasteiger partial charge in [0, 0.05) is 29.8 Å². The number of methoxy groups -OCH3 is 1. The van der Waals surface area contributed by atoms with E-state index >= 15 is 0 Å². The maximum absolute atomic E-state index is 13.6. The molecule has 2 fully saturated rings. The third-order valence-corrected chi connectivity index (χ3v) is 10.0. The molecule has 0 radical (unpaired) electrons. The van der Waals surface area contributed by atoms with E-state index in [1.807, 2.05) is 75.1 Å². The van der Waals surface area contributed by atoms with Crippen LogP contribution in [0, 0.1) is 23.7 Å². The van der Waals surface area contributed by atoms with Crippen molar-refractivity contribution in [3.8, 4) is 23.1 Å². The Hall–Kier alpha value is -5.84. The Bertz CT molecular complexity index is 2040. The summed E-state index contributed by atoms with van der Waals surface area (Å²) < 4.78 is 4.76. The normalized spacial score (nSPS) is 18.2. The second kappa shape index (κ2) is 15.8. The summed E-state index contributed by atoms with van der Waals surface area (Å²) in [4.78, 5) is 69.9. The number of alkyl carbamates (subject to hydrolysis) is 1. The van der Waals surface area contributed by atoms with Gasteiger partial charge in [0.1, 0.15) is 17.9 Å². The van der Waals surface area contributed by atoms with Crippen LogP contribution >= 0.6 is 0 Å². The van der Waals surface area contributed by atoms with Gasteiger partial charge in [0.15, 0.2) is 0 Å². The van der Waals surface area contributed by atoms with Gasteiger partial charge in [-0.3, -0.25) is 9.59 Å². The number of likely N-dealkylation sites (tertiary alicyclic amines) is 2. The Morgan fingerprint density at radius 3 is 2.11 bits per heavy atom. The summed E-state index contributed by atoms with van der Waals surface area (Å²) in [5.41, 5.74) is 5.68. The van der Waals surface area contributed by atoms with E-state index < -0.39 is 24.3 Å². The second-order valence-corrected chi connectivity index (χ2v) is 14.3. The van der Waals surface area contributed by atoms with E-state index in [0.717, 1.165) is 64.8 Å². The van der Waals surface area contributed by atoms with Crippen molar-refractivity contribution in [1.82, 2.24) is 40.4 Å². The number of aromatic amines is 2. The van der Waals surface area contributed by atoms with E-state index in [9.17, 15) is 24.3 Å². The summed E-state index contributed by atoms with van der Waals surface area (Å²) in [6.45, 7) is 8.55. The van der Waals surface area contributed by atoms with Gasteiger partial charge in [0.05, 0.1) is 47.9 Å². The van der Waals surface area contributed by atoms with Crippen LogP contribution in [0.15, 0.2) is 48.8 Å². The zero-order valence-corrected chi connectivity index (χ0v) is 30.6. The van der Waals surface area contributed by atoms with Crippen molar-refractivity contribution in [2.75, 3.05) is 20.2 Å². The molecule has 0 unspecified atom stereocenters. The highest BCUT2D eigenvalue weighted by atomic mass is 16.5. The summed E-state index contributed by atoms with van der Waals surface area (Å²) in [6, 6.07) is 11.5. The van der Waals surface area contributed by atoms with Crippen LogP contribution in [-0.2, 0) is 14.3 Å². The van der Waals surface area contributed by atoms with Crippen molar-refractivity contribution in [3.05, 3.63) is 71.4 Å². The van der Waals surface area contributed by atoms with E-state index in [4.69, 9.17) is 9.72 Å². The fourth-order valence-electron chi connectivity index (χ4n) is 7.26. The number of hydrogen-bond donors (Lipinski definition) is 5. The molecule has 4 heterocycles. The Kier molecular flexibility index (Phi) is 11.0. The van der Waals surface area contributed by atoms with Crippen molar-refractivity contribution in [1.29, 1.82) is 0 Å². The summed E-state index contributed by atoms with van der Waals surface area (Å²) in [5.74, 6) is 6.44. The number of amides is 4. The van der Waals surface area contributed by atoms with E-state index in [1.165, 1.54) is 7.11 Å². The van der Waals surface area contributed by atoms with Crippen LogP contribution in [0.2, 0.25) is 0 Å². The Balaban J connectivity index is 1.16. The van der Waals surface area contributed by atoms with Crippen LogP contribution in [-0.4, -0.2) is 91.1 Å². The van der Waals surface area contributed by atoms with Crippen LogP contribution in [0.4, 0.5) is 9.59 Å². The molecule has 14 nitrogen and oxygen atoms in total. The number of fused-ring (bicyclic) bond motifs is 1. The van der Waals surface area contributed by atoms with Crippen molar-refractivity contribution in [3.63, 3.8) is 0 Å². The second-order valence-electron chi connectivity index (χ2n) is 14.3. The lowest BCUT2D eigenvalue weighted by Crippen LogP contribution is -2.51. The summed E-state index contributed by atoms with van der Waals surface area (Å²) in [6.07, 6.45) is 2.93. The van der Waals surface area contributed by atoms with Crippen LogP contribution in [0.5, 0.6) is 0 Å². The number of ether oxygens (including phenoxy) is 1. The number of H-pyrrole nitrogens is 2. The summed E-state index contributed by atoms with van der Waals surface area (Å²) in [7, 11) is 1.28. The van der Waals surface area contributed by atoms with Crippen molar-refractivity contribution < 1.29 is 29.0 Å². The number of carboxylic acid groups (broad SMARTS) is 1. The van der Waals surface area contributed by atoms with Gasteiger partial charge in [-0.2, -0.15) is 0 Å². The number of nitrogens with zero attached hydrogens (tertiary/aromatic N) is 4. The average molecular weight is 723 g/mol. The standard InChI is InChI=1S/C39H46N8O6/c1-22(2)31(44-38(50)51)36(48)47-19-7-9-30(47)35-42-27-17-14-25(20-28(27)43-35)11-10-24-12-15-26(16-13-24)33-34(41-21-40-33)29-8-6-18-46(29)37(49)32(23(3)4)45-39(52)53-5/h12-17,20-23,29-32,44H,6-9,18-19H2,1-5H3,(H,40,41)(H,42,43)(H,45,52)(H,50,51)/t29-,30-,31-,32-/m0/s1. The molecule has 2 aliphatic heterocycles. The molecule has 4 atom stereocenters. The Labute approximate surface area is 308 Å². The predicted octanol–water partition coefficient (Wildman–Crippen LogP) is 5.35. The number of aromatic nitrogens is 4. The molecule has 0 spiro atoms. The molecular weight excluding hydrogens is 676 g/mol. The average Bonchev–Trinajstić information content (AvgIpc) is 3.96. The molecule has 4 amide bonds. The monoisotopic (exact) mass is 722 g/mol. The maximum atomic E-state index is 13.6. The lowest BCUT2D eigenvalue weighted by atomic mass is 10.00. The van der Waals surface area contributed by atoms with Crippen molar-refractivity contribution >= 4 is 35.0 Å². The molecule has 4 aromatic rings. The zero-order valence-electron chi connectivity index (χ0n) is 30.6. The number of hydrogen-bond acceptors (Lipinski definition) is 7. The number of carbonyl (C=O) groups excluding carboxylic acids is 3.